The molecule has 1 amide bonds. The zero-order valence-corrected chi connectivity index (χ0v) is 54.5. The fourth-order valence-corrected chi connectivity index (χ4v) is 12.1. The minimum absolute atomic E-state index is 0.178. The van der Waals surface area contributed by atoms with Crippen LogP contribution in [-0.4, -0.2) is 87.5 Å². The van der Waals surface area contributed by atoms with E-state index in [-0.39, 0.29) is 12.5 Å². The van der Waals surface area contributed by atoms with Crippen molar-refractivity contribution in [3.8, 4) is 0 Å². The molecule has 1 heterocycles. The lowest BCUT2D eigenvalue weighted by Crippen LogP contribution is -2.60. The fraction of sp³-hybridized carbons (Fsp3) is 0.932. The van der Waals surface area contributed by atoms with Crippen LogP contribution in [0.15, 0.2) is 24.3 Å². The number of aliphatic hydroxyl groups excluding tert-OH is 5. The van der Waals surface area contributed by atoms with Crippen LogP contribution in [0.4, 0.5) is 0 Å². The Kier molecular flexibility index (Phi) is 60.2. The molecule has 0 bridgehead atoms. The lowest BCUT2D eigenvalue weighted by atomic mass is 9.99. The first-order chi connectivity index (χ1) is 40.3. The van der Waals surface area contributed by atoms with E-state index in [1.54, 1.807) is 6.08 Å². The summed E-state index contributed by atoms with van der Waals surface area (Å²) in [5.74, 6) is -0.178. The molecular formula is C73H141NO8. The molecule has 0 aromatic rings. The number of hydrogen-bond acceptors (Lipinski definition) is 8. The standard InChI is InChI=1S/C73H141NO8/c1-3-5-7-9-11-13-15-17-19-21-23-24-25-26-27-28-29-30-31-32-33-34-35-36-37-38-39-40-41-42-43-45-47-49-51-53-55-57-59-61-63-69(77)74-66(65-81-73-72(80)71(79)70(78)68(64-75)82-73)67(76)62-60-58-56-54-52-50-48-46-44-22-20-18-16-14-12-10-8-6-4-2/h52,54,60,62,66-68,70-73,75-76,78-80H,3-51,53,55-59,61,63-65H2,1-2H3,(H,74,77)/b54-52+,62-60+. The summed E-state index contributed by atoms with van der Waals surface area (Å²) in [5, 5.41) is 54.7. The average Bonchev–Trinajstić information content (AvgIpc) is 3.59. The third-order valence-electron chi connectivity index (χ3n) is 17.8. The number of nitrogens with one attached hydrogen (secondary N) is 1. The molecule has 486 valence electrons. The molecule has 7 unspecified atom stereocenters. The molecule has 1 rings (SSSR count). The largest absolute Gasteiger partial charge is 0.394 e. The van der Waals surface area contributed by atoms with Crippen molar-refractivity contribution >= 4 is 5.91 Å². The van der Waals surface area contributed by atoms with E-state index < -0.39 is 49.5 Å². The van der Waals surface area contributed by atoms with Crippen LogP contribution >= 0.6 is 0 Å². The third kappa shape index (κ3) is 50.8. The van der Waals surface area contributed by atoms with Gasteiger partial charge < -0.3 is 40.3 Å². The highest BCUT2D eigenvalue weighted by Crippen LogP contribution is 2.24. The normalized spacial score (nSPS) is 18.4. The summed E-state index contributed by atoms with van der Waals surface area (Å²) in [7, 11) is 0. The second-order valence-electron chi connectivity index (χ2n) is 25.7. The van der Waals surface area contributed by atoms with Crippen molar-refractivity contribution in [2.75, 3.05) is 13.2 Å². The summed E-state index contributed by atoms with van der Waals surface area (Å²) in [5.41, 5.74) is 0. The molecule has 0 saturated carbocycles. The molecule has 0 aromatic heterocycles. The number of rotatable bonds is 65. The molecule has 0 radical (unpaired) electrons. The Morgan fingerprint density at radius 3 is 1.02 bits per heavy atom. The molecule has 82 heavy (non-hydrogen) atoms. The number of carbonyl (C=O) groups is 1. The molecule has 7 atom stereocenters. The van der Waals surface area contributed by atoms with Crippen molar-refractivity contribution in [3.63, 3.8) is 0 Å². The van der Waals surface area contributed by atoms with E-state index in [9.17, 15) is 30.3 Å². The highest BCUT2D eigenvalue weighted by molar-refractivity contribution is 5.76. The van der Waals surface area contributed by atoms with E-state index in [0.29, 0.717) is 6.42 Å². The zero-order valence-electron chi connectivity index (χ0n) is 54.5. The Labute approximate surface area is 509 Å². The number of unbranched alkanes of at least 4 members (excludes halogenated alkanes) is 53. The first kappa shape index (κ1) is 78.7. The number of hydrogen-bond donors (Lipinski definition) is 6. The molecule has 9 heteroatoms. The Morgan fingerprint density at radius 1 is 0.402 bits per heavy atom. The number of amides is 1. The van der Waals surface area contributed by atoms with Gasteiger partial charge in [0.15, 0.2) is 6.29 Å². The van der Waals surface area contributed by atoms with Crippen molar-refractivity contribution in [2.45, 2.75) is 423 Å². The SMILES string of the molecule is CCCCCCCCCCCCCCC/C=C/CC/C=C/C(O)C(COC1OC(CO)C(O)C(O)C1O)NC(=O)CCCCCCCCCCCCCCCCCCCCCCCCCCCCCCCCCCCCCCCCCC. The van der Waals surface area contributed by atoms with E-state index in [4.69, 9.17) is 9.47 Å². The summed E-state index contributed by atoms with van der Waals surface area (Å²) in [4.78, 5) is 13.1. The number of allylic oxidation sites excluding steroid dienone is 3. The van der Waals surface area contributed by atoms with Crippen LogP contribution in [0.3, 0.4) is 0 Å². The van der Waals surface area contributed by atoms with Crippen LogP contribution in [0, 0.1) is 0 Å². The van der Waals surface area contributed by atoms with Gasteiger partial charge in [-0.3, -0.25) is 4.79 Å². The first-order valence-electron chi connectivity index (χ1n) is 36.6. The van der Waals surface area contributed by atoms with E-state index >= 15 is 0 Å². The molecule has 0 aromatic carbocycles. The lowest BCUT2D eigenvalue weighted by Gasteiger charge is -2.40. The Bertz CT molecular complexity index is 1340. The van der Waals surface area contributed by atoms with Gasteiger partial charge in [0.2, 0.25) is 5.91 Å². The second kappa shape index (κ2) is 62.7. The third-order valence-corrected chi connectivity index (χ3v) is 17.8. The van der Waals surface area contributed by atoms with Crippen LogP contribution in [0.5, 0.6) is 0 Å². The van der Waals surface area contributed by atoms with Gasteiger partial charge in [-0.25, -0.2) is 0 Å². The molecule has 0 aliphatic carbocycles. The fourth-order valence-electron chi connectivity index (χ4n) is 12.1. The molecule has 0 spiro atoms. The van der Waals surface area contributed by atoms with Gasteiger partial charge in [0.25, 0.3) is 0 Å². The summed E-state index contributed by atoms with van der Waals surface area (Å²) in [6.07, 6.45) is 76.1. The quantitative estimate of drug-likeness (QED) is 0.0261. The highest BCUT2D eigenvalue weighted by atomic mass is 16.7. The molecule has 1 aliphatic rings. The van der Waals surface area contributed by atoms with Crippen LogP contribution in [-0.2, 0) is 14.3 Å². The maximum Gasteiger partial charge on any atom is 0.220 e. The van der Waals surface area contributed by atoms with Crippen LogP contribution in [0.1, 0.15) is 380 Å². The van der Waals surface area contributed by atoms with E-state index in [0.717, 1.165) is 38.5 Å². The van der Waals surface area contributed by atoms with Crippen LogP contribution in [0.2, 0.25) is 0 Å². The van der Waals surface area contributed by atoms with E-state index in [1.165, 1.54) is 321 Å². The van der Waals surface area contributed by atoms with Crippen LogP contribution in [0.25, 0.3) is 0 Å². The Hall–Kier alpha value is -1.33. The summed E-state index contributed by atoms with van der Waals surface area (Å²) in [6.45, 7) is 3.82. The summed E-state index contributed by atoms with van der Waals surface area (Å²) in [6, 6.07) is -0.820. The van der Waals surface area contributed by atoms with Crippen molar-refractivity contribution in [3.05, 3.63) is 24.3 Å². The molecular weight excluding hydrogens is 1020 g/mol. The number of aliphatic hydroxyl groups is 5. The predicted molar refractivity (Wildman–Crippen MR) is 350 cm³/mol. The highest BCUT2D eigenvalue weighted by Gasteiger charge is 2.44. The van der Waals surface area contributed by atoms with E-state index in [2.05, 4.69) is 31.3 Å². The second-order valence-corrected chi connectivity index (χ2v) is 25.7. The maximum atomic E-state index is 13.1. The molecule has 1 fully saturated rings. The van der Waals surface area contributed by atoms with E-state index in [1.807, 2.05) is 6.08 Å². The summed E-state index contributed by atoms with van der Waals surface area (Å²) < 4.78 is 11.3. The van der Waals surface area contributed by atoms with Gasteiger partial charge in [-0.15, -0.1) is 0 Å². The van der Waals surface area contributed by atoms with Gasteiger partial charge in [-0.2, -0.15) is 0 Å². The van der Waals surface area contributed by atoms with Gasteiger partial charge in [0.05, 0.1) is 25.4 Å². The Morgan fingerprint density at radius 2 is 0.695 bits per heavy atom. The number of ether oxygens (including phenoxy) is 2. The average molecular weight is 1160 g/mol. The lowest BCUT2D eigenvalue weighted by molar-refractivity contribution is -0.302. The predicted octanol–water partition coefficient (Wildman–Crippen LogP) is 20.0. The van der Waals surface area contributed by atoms with Gasteiger partial charge in [-0.1, -0.05) is 366 Å². The zero-order chi connectivity index (χ0) is 59.3. The minimum Gasteiger partial charge on any atom is -0.394 e. The number of carbonyl (C=O) groups excluding carboxylic acids is 1. The van der Waals surface area contributed by atoms with Crippen LogP contribution < -0.4 is 5.32 Å². The van der Waals surface area contributed by atoms with Gasteiger partial charge in [0.1, 0.15) is 24.4 Å². The molecule has 1 aliphatic heterocycles. The summed E-state index contributed by atoms with van der Waals surface area (Å²) >= 11 is 0. The van der Waals surface area contributed by atoms with Gasteiger partial charge in [-0.05, 0) is 32.1 Å². The minimum atomic E-state index is -1.57. The van der Waals surface area contributed by atoms with Crippen molar-refractivity contribution < 1.29 is 39.8 Å². The molecule has 9 nitrogen and oxygen atoms in total. The Balaban J connectivity index is 2.03. The maximum absolute atomic E-state index is 13.1. The van der Waals surface area contributed by atoms with Crippen molar-refractivity contribution in [1.82, 2.24) is 5.32 Å². The van der Waals surface area contributed by atoms with Crippen molar-refractivity contribution in [2.24, 2.45) is 0 Å². The molecule has 1 saturated heterocycles. The molecule has 6 N–H and O–H groups in total. The smallest absolute Gasteiger partial charge is 0.220 e. The monoisotopic (exact) mass is 1160 g/mol. The van der Waals surface area contributed by atoms with Crippen molar-refractivity contribution in [1.29, 1.82) is 0 Å². The van der Waals surface area contributed by atoms with Gasteiger partial charge >= 0.3 is 0 Å². The van der Waals surface area contributed by atoms with Gasteiger partial charge in [0, 0.05) is 6.42 Å². The topological polar surface area (TPSA) is 149 Å². The first-order valence-corrected chi connectivity index (χ1v) is 36.6.